The van der Waals surface area contributed by atoms with Crippen LogP contribution in [-0.2, 0) is 4.79 Å². The van der Waals surface area contributed by atoms with E-state index in [4.69, 9.17) is 0 Å². The summed E-state index contributed by atoms with van der Waals surface area (Å²) >= 11 is 0. The molecule has 4 heteroatoms. The third kappa shape index (κ3) is 2.65. The number of fused-ring (bicyclic) bond motifs is 1. The summed E-state index contributed by atoms with van der Waals surface area (Å²) in [5, 5.41) is 3.80. The van der Waals surface area contributed by atoms with Crippen molar-refractivity contribution >= 4 is 22.5 Å². The lowest BCUT2D eigenvalue weighted by molar-refractivity contribution is -0.111. The summed E-state index contributed by atoms with van der Waals surface area (Å²) in [6, 6.07) is 13.6. The molecule has 1 heterocycles. The van der Waals surface area contributed by atoms with Crippen molar-refractivity contribution in [3.63, 3.8) is 0 Å². The zero-order valence-electron chi connectivity index (χ0n) is 11.3. The smallest absolute Gasteiger partial charge is 0.247 e. The molecule has 0 saturated heterocycles. The molecule has 1 amide bonds. The minimum absolute atomic E-state index is 0.231. The van der Waals surface area contributed by atoms with Crippen LogP contribution in [0.3, 0.4) is 0 Å². The number of carbonyl (C=O) groups is 1. The van der Waals surface area contributed by atoms with E-state index in [2.05, 4.69) is 21.9 Å². The van der Waals surface area contributed by atoms with Crippen molar-refractivity contribution in [1.29, 1.82) is 0 Å². The quantitative estimate of drug-likeness (QED) is 0.745. The molecule has 0 aliphatic carbocycles. The lowest BCUT2D eigenvalue weighted by atomic mass is 10.0. The van der Waals surface area contributed by atoms with Crippen LogP contribution in [0.5, 0.6) is 0 Å². The molecule has 0 saturated carbocycles. The molecular weight excluding hydrogens is 262 g/mol. The van der Waals surface area contributed by atoms with E-state index in [-0.39, 0.29) is 5.91 Å². The molecule has 2 aromatic carbocycles. The predicted molar refractivity (Wildman–Crippen MR) is 83.8 cm³/mol. The van der Waals surface area contributed by atoms with Gasteiger partial charge < -0.3 is 5.32 Å². The van der Waals surface area contributed by atoms with Crippen molar-refractivity contribution in [2.75, 3.05) is 5.32 Å². The molecule has 3 aromatic rings. The minimum Gasteiger partial charge on any atom is -0.322 e. The Bertz CT molecular complexity index is 827. The molecule has 0 aliphatic heterocycles. The Balaban J connectivity index is 2.09. The number of hydrogen-bond acceptors (Lipinski definition) is 3. The van der Waals surface area contributed by atoms with Gasteiger partial charge in [0.2, 0.25) is 5.91 Å². The fraction of sp³-hybridized carbons (Fsp3) is 0. The number of hydrogen-bond donors (Lipinski definition) is 1. The summed E-state index contributed by atoms with van der Waals surface area (Å²) in [7, 11) is 0. The highest BCUT2D eigenvalue weighted by molar-refractivity contribution is 6.02. The summed E-state index contributed by atoms with van der Waals surface area (Å²) in [6.45, 7) is 3.47. The maximum absolute atomic E-state index is 11.5. The first-order valence-corrected chi connectivity index (χ1v) is 6.50. The Hall–Kier alpha value is -3.01. The van der Waals surface area contributed by atoms with Gasteiger partial charge in [-0.2, -0.15) is 0 Å². The maximum Gasteiger partial charge on any atom is 0.247 e. The number of aromatic nitrogens is 2. The van der Waals surface area contributed by atoms with E-state index in [0.717, 1.165) is 27.7 Å². The van der Waals surface area contributed by atoms with Crippen LogP contribution in [0.25, 0.3) is 22.0 Å². The highest BCUT2D eigenvalue weighted by Crippen LogP contribution is 2.29. The van der Waals surface area contributed by atoms with Crippen LogP contribution < -0.4 is 5.32 Å². The largest absolute Gasteiger partial charge is 0.322 e. The molecule has 0 bridgehead atoms. The van der Waals surface area contributed by atoms with Crippen LogP contribution in [0.1, 0.15) is 0 Å². The van der Waals surface area contributed by atoms with E-state index < -0.39 is 0 Å². The molecule has 1 N–H and O–H groups in total. The molecule has 0 spiro atoms. The van der Waals surface area contributed by atoms with Gasteiger partial charge in [0.25, 0.3) is 0 Å². The number of amides is 1. The van der Waals surface area contributed by atoms with Gasteiger partial charge in [0.15, 0.2) is 0 Å². The molecule has 4 nitrogen and oxygen atoms in total. The number of anilines is 1. The molecule has 21 heavy (non-hydrogen) atoms. The normalized spacial score (nSPS) is 10.3. The van der Waals surface area contributed by atoms with Crippen LogP contribution in [0, 0.1) is 0 Å². The first-order chi connectivity index (χ1) is 10.3. The zero-order chi connectivity index (χ0) is 14.7. The number of carbonyl (C=O) groups excluding carboxylic acids is 1. The van der Waals surface area contributed by atoms with Gasteiger partial charge in [0.1, 0.15) is 6.33 Å². The third-order valence-electron chi connectivity index (χ3n) is 3.19. The monoisotopic (exact) mass is 275 g/mol. The third-order valence-corrected chi connectivity index (χ3v) is 3.19. The summed E-state index contributed by atoms with van der Waals surface area (Å²) in [5.41, 5.74) is 3.54. The molecule has 0 radical (unpaired) electrons. The predicted octanol–water partition coefficient (Wildman–Crippen LogP) is 3.42. The fourth-order valence-corrected chi connectivity index (χ4v) is 2.17. The number of nitrogens with one attached hydrogen (secondary N) is 1. The summed E-state index contributed by atoms with van der Waals surface area (Å²) in [5.74, 6) is -0.231. The van der Waals surface area contributed by atoms with Crippen LogP contribution >= 0.6 is 0 Å². The Labute approximate surface area is 122 Å². The fourth-order valence-electron chi connectivity index (χ4n) is 2.17. The van der Waals surface area contributed by atoms with Gasteiger partial charge >= 0.3 is 0 Å². The molecule has 0 fully saturated rings. The van der Waals surface area contributed by atoms with Gasteiger partial charge in [-0.25, -0.2) is 9.97 Å². The van der Waals surface area contributed by atoms with E-state index in [9.17, 15) is 4.79 Å². The summed E-state index contributed by atoms with van der Waals surface area (Å²) in [4.78, 5) is 19.8. The topological polar surface area (TPSA) is 54.9 Å². The van der Waals surface area contributed by atoms with Crippen LogP contribution in [0.15, 0.2) is 67.6 Å². The van der Waals surface area contributed by atoms with E-state index in [1.165, 1.54) is 12.4 Å². The van der Waals surface area contributed by atoms with E-state index in [1.54, 1.807) is 6.20 Å². The average Bonchev–Trinajstić information content (AvgIpc) is 2.55. The Kier molecular flexibility index (Phi) is 3.43. The second kappa shape index (κ2) is 5.54. The van der Waals surface area contributed by atoms with Gasteiger partial charge in [0.05, 0.1) is 5.52 Å². The maximum atomic E-state index is 11.5. The number of nitrogens with zero attached hydrogens (tertiary/aromatic N) is 2. The van der Waals surface area contributed by atoms with E-state index in [1.807, 2.05) is 42.5 Å². The second-order valence-electron chi connectivity index (χ2n) is 4.54. The lowest BCUT2D eigenvalue weighted by Gasteiger charge is -2.10. The average molecular weight is 275 g/mol. The highest BCUT2D eigenvalue weighted by Gasteiger charge is 2.07. The molecule has 1 aromatic heterocycles. The van der Waals surface area contributed by atoms with Crippen LogP contribution in [0.4, 0.5) is 5.69 Å². The van der Waals surface area contributed by atoms with Crippen LogP contribution in [0.2, 0.25) is 0 Å². The molecule has 0 atom stereocenters. The summed E-state index contributed by atoms with van der Waals surface area (Å²) in [6.07, 6.45) is 4.55. The SMILES string of the molecule is C=CC(=O)Nc1ccccc1-c1ccc2cncnc2c1. The van der Waals surface area contributed by atoms with Crippen molar-refractivity contribution in [2.45, 2.75) is 0 Å². The van der Waals surface area contributed by atoms with Crippen molar-refractivity contribution in [3.8, 4) is 11.1 Å². The molecule has 0 aliphatic rings. The molecule has 0 unspecified atom stereocenters. The van der Waals surface area contributed by atoms with Crippen molar-refractivity contribution in [3.05, 3.63) is 67.6 Å². The van der Waals surface area contributed by atoms with Gasteiger partial charge in [-0.1, -0.05) is 36.9 Å². The van der Waals surface area contributed by atoms with Gasteiger partial charge in [-0.3, -0.25) is 4.79 Å². The first kappa shape index (κ1) is 13.0. The first-order valence-electron chi connectivity index (χ1n) is 6.50. The standard InChI is InChI=1S/C17H13N3O/c1-2-17(21)20-15-6-4-3-5-14(15)12-7-8-13-10-18-11-19-16(13)9-12/h2-11H,1H2,(H,20,21). The minimum atomic E-state index is -0.231. The van der Waals surface area contributed by atoms with Crippen molar-refractivity contribution in [2.24, 2.45) is 0 Å². The zero-order valence-corrected chi connectivity index (χ0v) is 11.3. The number of benzene rings is 2. The van der Waals surface area contributed by atoms with E-state index >= 15 is 0 Å². The molecule has 102 valence electrons. The van der Waals surface area contributed by atoms with Gasteiger partial charge in [0, 0.05) is 22.8 Å². The number of rotatable bonds is 3. The van der Waals surface area contributed by atoms with Crippen molar-refractivity contribution < 1.29 is 4.79 Å². The Morgan fingerprint density at radius 2 is 2.05 bits per heavy atom. The highest BCUT2D eigenvalue weighted by atomic mass is 16.1. The Morgan fingerprint density at radius 3 is 2.90 bits per heavy atom. The molecule has 3 rings (SSSR count). The second-order valence-corrected chi connectivity index (χ2v) is 4.54. The molecular formula is C17H13N3O. The van der Waals surface area contributed by atoms with Crippen molar-refractivity contribution in [1.82, 2.24) is 9.97 Å². The number of para-hydroxylation sites is 1. The lowest BCUT2D eigenvalue weighted by Crippen LogP contribution is -2.08. The van der Waals surface area contributed by atoms with Crippen LogP contribution in [-0.4, -0.2) is 15.9 Å². The van der Waals surface area contributed by atoms with E-state index in [0.29, 0.717) is 0 Å². The Morgan fingerprint density at radius 1 is 1.19 bits per heavy atom. The summed E-state index contributed by atoms with van der Waals surface area (Å²) < 4.78 is 0. The van der Waals surface area contributed by atoms with Gasteiger partial charge in [-0.15, -0.1) is 0 Å². The van der Waals surface area contributed by atoms with Gasteiger partial charge in [-0.05, 0) is 23.8 Å².